The minimum atomic E-state index is -0.432. The van der Waals surface area contributed by atoms with Gasteiger partial charge in [0.2, 0.25) is 5.89 Å². The molecule has 1 aromatic carbocycles. The number of nitrogens with zero attached hydrogens (tertiary/aromatic N) is 1. The monoisotopic (exact) mass is 297 g/mol. The lowest BCUT2D eigenvalue weighted by atomic mass is 10.2. The van der Waals surface area contributed by atoms with Crippen LogP contribution in [0.1, 0.15) is 27.6 Å². The normalized spacial score (nSPS) is 10.6. The van der Waals surface area contributed by atoms with Gasteiger partial charge in [-0.25, -0.2) is 9.78 Å². The number of carbonyl (C=O) groups excluding carboxylic acids is 1. The van der Waals surface area contributed by atoms with Crippen LogP contribution in [0, 0.1) is 13.8 Å². The molecule has 0 spiro atoms. The number of ether oxygens (including phenoxy) is 1. The molecule has 5 nitrogen and oxygen atoms in total. The molecule has 5 heteroatoms. The number of esters is 1. The molecule has 0 amide bonds. The topological polar surface area (TPSA) is 65.5 Å². The Bertz CT molecular complexity index is 786. The van der Waals surface area contributed by atoms with Gasteiger partial charge in [-0.3, -0.25) is 0 Å². The van der Waals surface area contributed by atoms with Crippen molar-refractivity contribution in [3.63, 3.8) is 0 Å². The maximum Gasteiger partial charge on any atom is 0.342 e. The van der Waals surface area contributed by atoms with Gasteiger partial charge in [0, 0.05) is 5.56 Å². The molecule has 3 aromatic rings. The molecule has 0 aliphatic carbocycles. The first-order valence-corrected chi connectivity index (χ1v) is 6.87. The lowest BCUT2D eigenvalue weighted by molar-refractivity contribution is 0.0466. The Kier molecular flexibility index (Phi) is 3.78. The second-order valence-corrected chi connectivity index (χ2v) is 4.91. The summed E-state index contributed by atoms with van der Waals surface area (Å²) in [5, 5.41) is 0. The predicted octanol–water partition coefficient (Wildman–Crippen LogP) is 3.91. The van der Waals surface area contributed by atoms with Gasteiger partial charge in [-0.2, -0.15) is 0 Å². The highest BCUT2D eigenvalue weighted by molar-refractivity contribution is 5.90. The number of hydrogen-bond donors (Lipinski definition) is 0. The molecule has 112 valence electrons. The van der Waals surface area contributed by atoms with Crippen LogP contribution in [0.2, 0.25) is 0 Å². The highest BCUT2D eigenvalue weighted by Gasteiger charge is 2.16. The number of rotatable bonds is 4. The van der Waals surface area contributed by atoms with Crippen LogP contribution in [0.3, 0.4) is 0 Å². The molecular formula is C17H15NO4. The zero-order chi connectivity index (χ0) is 15.5. The summed E-state index contributed by atoms with van der Waals surface area (Å²) in [4.78, 5) is 16.3. The Labute approximate surface area is 127 Å². The standard InChI is InChI=1S/C17H15NO4/c1-11-8-15(12(2)22-11)17(19)21-10-14-9-20-16(18-14)13-6-4-3-5-7-13/h3-9H,10H2,1-2H3. The Hall–Kier alpha value is -2.82. The van der Waals surface area contributed by atoms with E-state index in [0.717, 1.165) is 5.56 Å². The van der Waals surface area contributed by atoms with Crippen molar-refractivity contribution in [3.8, 4) is 11.5 Å². The number of oxazole rings is 1. The molecule has 0 fully saturated rings. The molecule has 0 saturated carbocycles. The number of furan rings is 1. The Morgan fingerprint density at radius 3 is 2.68 bits per heavy atom. The van der Waals surface area contributed by atoms with E-state index in [9.17, 15) is 4.79 Å². The molecule has 22 heavy (non-hydrogen) atoms. The van der Waals surface area contributed by atoms with Crippen LogP contribution in [0.25, 0.3) is 11.5 Å². The average molecular weight is 297 g/mol. The molecule has 0 unspecified atom stereocenters. The lowest BCUT2D eigenvalue weighted by Crippen LogP contribution is -2.05. The molecular weight excluding hydrogens is 282 g/mol. The van der Waals surface area contributed by atoms with Gasteiger partial charge in [-0.05, 0) is 32.0 Å². The van der Waals surface area contributed by atoms with Gasteiger partial charge < -0.3 is 13.6 Å². The number of benzene rings is 1. The summed E-state index contributed by atoms with van der Waals surface area (Å²) in [7, 11) is 0. The zero-order valence-corrected chi connectivity index (χ0v) is 12.3. The smallest absolute Gasteiger partial charge is 0.342 e. The van der Waals surface area contributed by atoms with Gasteiger partial charge in [-0.1, -0.05) is 18.2 Å². The van der Waals surface area contributed by atoms with Crippen molar-refractivity contribution < 1.29 is 18.4 Å². The highest BCUT2D eigenvalue weighted by atomic mass is 16.5. The van der Waals surface area contributed by atoms with E-state index in [1.54, 1.807) is 19.9 Å². The van der Waals surface area contributed by atoms with E-state index < -0.39 is 5.97 Å². The fraction of sp³-hybridized carbons (Fsp3) is 0.176. The quantitative estimate of drug-likeness (QED) is 0.683. The average Bonchev–Trinajstić information content (AvgIpc) is 3.12. The molecule has 0 N–H and O–H groups in total. The Morgan fingerprint density at radius 2 is 2.00 bits per heavy atom. The molecule has 0 aliphatic rings. The third kappa shape index (κ3) is 2.93. The number of aryl methyl sites for hydroxylation is 2. The summed E-state index contributed by atoms with van der Waals surface area (Å²) in [6.45, 7) is 3.57. The van der Waals surface area contributed by atoms with E-state index in [2.05, 4.69) is 4.98 Å². The van der Waals surface area contributed by atoms with E-state index in [1.807, 2.05) is 30.3 Å². The third-order valence-electron chi connectivity index (χ3n) is 3.18. The molecule has 0 radical (unpaired) electrons. The summed E-state index contributed by atoms with van der Waals surface area (Å²) >= 11 is 0. The van der Waals surface area contributed by atoms with E-state index >= 15 is 0 Å². The van der Waals surface area contributed by atoms with Crippen LogP contribution in [-0.4, -0.2) is 11.0 Å². The molecule has 0 aliphatic heterocycles. The third-order valence-corrected chi connectivity index (χ3v) is 3.18. The Morgan fingerprint density at radius 1 is 1.23 bits per heavy atom. The molecule has 2 heterocycles. The van der Waals surface area contributed by atoms with Crippen molar-refractivity contribution >= 4 is 5.97 Å². The van der Waals surface area contributed by atoms with Crippen LogP contribution in [0.4, 0.5) is 0 Å². The first-order chi connectivity index (χ1) is 10.6. The lowest BCUT2D eigenvalue weighted by Gasteiger charge is -2.00. The van der Waals surface area contributed by atoms with Crippen molar-refractivity contribution in [2.45, 2.75) is 20.5 Å². The summed E-state index contributed by atoms with van der Waals surface area (Å²) in [5.41, 5.74) is 1.87. The first kappa shape index (κ1) is 14.1. The van der Waals surface area contributed by atoms with Crippen molar-refractivity contribution in [3.05, 3.63) is 65.4 Å². The van der Waals surface area contributed by atoms with Crippen molar-refractivity contribution in [1.82, 2.24) is 4.98 Å². The maximum atomic E-state index is 12.0. The molecule has 3 rings (SSSR count). The van der Waals surface area contributed by atoms with E-state index in [1.165, 1.54) is 6.26 Å². The zero-order valence-electron chi connectivity index (χ0n) is 12.3. The van der Waals surface area contributed by atoms with Gasteiger partial charge >= 0.3 is 5.97 Å². The summed E-state index contributed by atoms with van der Waals surface area (Å²) in [6, 6.07) is 11.2. The minimum Gasteiger partial charge on any atom is -0.466 e. The number of hydrogen-bond acceptors (Lipinski definition) is 5. The van der Waals surface area contributed by atoms with E-state index in [0.29, 0.717) is 28.7 Å². The second-order valence-electron chi connectivity index (χ2n) is 4.91. The van der Waals surface area contributed by atoms with Crippen LogP contribution in [0.5, 0.6) is 0 Å². The summed E-state index contributed by atoms with van der Waals surface area (Å²) in [5.74, 6) is 1.30. The molecule has 0 saturated heterocycles. The van der Waals surface area contributed by atoms with Gasteiger partial charge in [-0.15, -0.1) is 0 Å². The van der Waals surface area contributed by atoms with Crippen LogP contribution in [0.15, 0.2) is 51.5 Å². The van der Waals surface area contributed by atoms with E-state index in [-0.39, 0.29) is 6.61 Å². The summed E-state index contributed by atoms with van der Waals surface area (Å²) in [6.07, 6.45) is 1.49. The second kappa shape index (κ2) is 5.89. The molecule has 2 aromatic heterocycles. The Balaban J connectivity index is 1.66. The van der Waals surface area contributed by atoms with Gasteiger partial charge in [0.1, 0.15) is 35.6 Å². The van der Waals surface area contributed by atoms with Crippen molar-refractivity contribution in [2.75, 3.05) is 0 Å². The SMILES string of the molecule is Cc1cc(C(=O)OCc2coc(-c3ccccc3)n2)c(C)o1. The van der Waals surface area contributed by atoms with Crippen LogP contribution < -0.4 is 0 Å². The first-order valence-electron chi connectivity index (χ1n) is 6.87. The minimum absolute atomic E-state index is 0.0544. The fourth-order valence-electron chi connectivity index (χ4n) is 2.14. The molecule has 0 atom stereocenters. The molecule has 0 bridgehead atoms. The van der Waals surface area contributed by atoms with Crippen molar-refractivity contribution in [2.24, 2.45) is 0 Å². The number of aromatic nitrogens is 1. The van der Waals surface area contributed by atoms with E-state index in [4.69, 9.17) is 13.6 Å². The summed E-state index contributed by atoms with van der Waals surface area (Å²) < 4.78 is 15.9. The van der Waals surface area contributed by atoms with Crippen molar-refractivity contribution in [1.29, 1.82) is 0 Å². The van der Waals surface area contributed by atoms with Gasteiger partial charge in [0.05, 0.1) is 0 Å². The predicted molar refractivity (Wildman–Crippen MR) is 79.2 cm³/mol. The van der Waals surface area contributed by atoms with Crippen LogP contribution in [-0.2, 0) is 11.3 Å². The highest BCUT2D eigenvalue weighted by Crippen LogP contribution is 2.19. The fourth-order valence-corrected chi connectivity index (χ4v) is 2.14. The number of carbonyl (C=O) groups is 1. The van der Waals surface area contributed by atoms with Crippen LogP contribution >= 0.6 is 0 Å². The van der Waals surface area contributed by atoms with Gasteiger partial charge in [0.25, 0.3) is 0 Å². The largest absolute Gasteiger partial charge is 0.466 e. The maximum absolute atomic E-state index is 12.0. The van der Waals surface area contributed by atoms with Gasteiger partial charge in [0.15, 0.2) is 0 Å².